The van der Waals surface area contributed by atoms with Gasteiger partial charge in [0.15, 0.2) is 5.78 Å². The second-order valence-electron chi connectivity index (χ2n) is 3.15. The molecule has 0 saturated carbocycles. The summed E-state index contributed by atoms with van der Waals surface area (Å²) in [5.74, 6) is 0.0723. The van der Waals surface area contributed by atoms with Crippen molar-refractivity contribution in [3.63, 3.8) is 0 Å². The van der Waals surface area contributed by atoms with E-state index in [9.17, 15) is 4.79 Å². The molecule has 0 bridgehead atoms. The summed E-state index contributed by atoms with van der Waals surface area (Å²) in [4.78, 5) is 16.1. The summed E-state index contributed by atoms with van der Waals surface area (Å²) in [6.45, 7) is 0. The van der Waals surface area contributed by atoms with Gasteiger partial charge in [0.1, 0.15) is 5.01 Å². The van der Waals surface area contributed by atoms with Gasteiger partial charge < -0.3 is 0 Å². The van der Waals surface area contributed by atoms with Crippen molar-refractivity contribution in [2.24, 2.45) is 0 Å². The number of aromatic nitrogens is 1. The lowest BCUT2D eigenvalue weighted by atomic mass is 10.1. The monoisotopic (exact) mass is 359 g/mol. The molecule has 0 fully saturated rings. The Bertz CT molecular complexity index is 511. The molecular weight excluding hydrogens is 354 g/mol. The van der Waals surface area contributed by atoms with E-state index in [0.717, 1.165) is 14.0 Å². The van der Waals surface area contributed by atoms with Gasteiger partial charge in [0.05, 0.1) is 6.42 Å². The van der Waals surface area contributed by atoms with E-state index in [-0.39, 0.29) is 5.78 Å². The summed E-state index contributed by atoms with van der Waals surface area (Å²) in [6.07, 6.45) is 2.07. The zero-order valence-electron chi connectivity index (χ0n) is 8.11. The number of hydrogen-bond donors (Lipinski definition) is 0. The highest BCUT2D eigenvalue weighted by molar-refractivity contribution is 9.11. The Hall–Kier alpha value is -0.520. The van der Waals surface area contributed by atoms with E-state index in [1.54, 1.807) is 6.20 Å². The summed E-state index contributed by atoms with van der Waals surface area (Å²) in [5.41, 5.74) is 0.685. The normalized spacial score (nSPS) is 10.4. The van der Waals surface area contributed by atoms with E-state index in [0.29, 0.717) is 12.0 Å². The first-order valence-electron chi connectivity index (χ1n) is 4.53. The number of nitrogens with zero attached hydrogens (tertiary/aromatic N) is 1. The third-order valence-corrected chi connectivity index (χ3v) is 3.99. The Morgan fingerprint density at radius 1 is 1.38 bits per heavy atom. The average molecular weight is 361 g/mol. The number of ketones is 1. The maximum Gasteiger partial charge on any atom is 0.170 e. The van der Waals surface area contributed by atoms with Gasteiger partial charge in [0.25, 0.3) is 0 Å². The van der Waals surface area contributed by atoms with Crippen LogP contribution in [0.1, 0.15) is 15.4 Å². The molecule has 0 spiro atoms. The Balaban J connectivity index is 2.24. The summed E-state index contributed by atoms with van der Waals surface area (Å²) < 4.78 is 1.72. The average Bonchev–Trinajstić information content (AvgIpc) is 2.74. The minimum absolute atomic E-state index is 0.0723. The largest absolute Gasteiger partial charge is 0.294 e. The maximum atomic E-state index is 12.0. The van der Waals surface area contributed by atoms with Gasteiger partial charge in [-0.1, -0.05) is 31.9 Å². The molecule has 2 aromatic rings. The quantitative estimate of drug-likeness (QED) is 0.771. The van der Waals surface area contributed by atoms with Crippen LogP contribution in [-0.4, -0.2) is 10.8 Å². The van der Waals surface area contributed by atoms with Gasteiger partial charge in [0.2, 0.25) is 0 Å². The minimum atomic E-state index is 0.0723. The molecule has 0 aliphatic rings. The van der Waals surface area contributed by atoms with Gasteiger partial charge in [-0.3, -0.25) is 4.79 Å². The Labute approximate surface area is 114 Å². The van der Waals surface area contributed by atoms with Crippen molar-refractivity contribution in [1.82, 2.24) is 4.98 Å². The molecule has 5 heteroatoms. The molecule has 0 N–H and O–H groups in total. The summed E-state index contributed by atoms with van der Waals surface area (Å²) in [7, 11) is 0. The van der Waals surface area contributed by atoms with Crippen molar-refractivity contribution >= 4 is 49.0 Å². The summed E-state index contributed by atoms with van der Waals surface area (Å²) in [6, 6.07) is 5.57. The number of benzene rings is 1. The highest BCUT2D eigenvalue weighted by Crippen LogP contribution is 2.23. The molecular formula is C11H7Br2NOS. The van der Waals surface area contributed by atoms with Crippen molar-refractivity contribution in [1.29, 1.82) is 0 Å². The van der Waals surface area contributed by atoms with Crippen molar-refractivity contribution in [3.05, 3.63) is 49.3 Å². The highest BCUT2D eigenvalue weighted by atomic mass is 79.9. The first-order valence-corrected chi connectivity index (χ1v) is 7.00. The van der Waals surface area contributed by atoms with E-state index in [1.807, 2.05) is 23.6 Å². The number of thiazole rings is 1. The fourth-order valence-electron chi connectivity index (χ4n) is 1.28. The molecule has 2 rings (SSSR count). The Kier molecular flexibility index (Phi) is 3.89. The number of halogens is 2. The van der Waals surface area contributed by atoms with E-state index >= 15 is 0 Å². The molecule has 0 unspecified atom stereocenters. The van der Waals surface area contributed by atoms with E-state index in [2.05, 4.69) is 36.8 Å². The molecule has 2 nitrogen and oxygen atoms in total. The Morgan fingerprint density at radius 2 is 2.19 bits per heavy atom. The molecule has 0 radical (unpaired) electrons. The lowest BCUT2D eigenvalue weighted by Crippen LogP contribution is -2.04. The SMILES string of the molecule is O=C(Cc1nccs1)c1cc(Br)ccc1Br. The van der Waals surface area contributed by atoms with E-state index < -0.39 is 0 Å². The van der Waals surface area contributed by atoms with Gasteiger partial charge in [0, 0.05) is 26.1 Å². The smallest absolute Gasteiger partial charge is 0.170 e. The fraction of sp³-hybridized carbons (Fsp3) is 0.0909. The second-order valence-corrected chi connectivity index (χ2v) is 5.90. The first-order chi connectivity index (χ1) is 7.66. The van der Waals surface area contributed by atoms with Gasteiger partial charge in [-0.05, 0) is 18.2 Å². The minimum Gasteiger partial charge on any atom is -0.294 e. The van der Waals surface area contributed by atoms with Crippen LogP contribution in [-0.2, 0) is 6.42 Å². The summed E-state index contributed by atoms with van der Waals surface area (Å²) in [5, 5.41) is 2.72. The van der Waals surface area contributed by atoms with E-state index in [4.69, 9.17) is 0 Å². The number of hydrogen-bond acceptors (Lipinski definition) is 3. The molecule has 16 heavy (non-hydrogen) atoms. The molecule has 0 saturated heterocycles. The third-order valence-electron chi connectivity index (χ3n) is 2.02. The van der Waals surface area contributed by atoms with Crippen LogP contribution in [0.2, 0.25) is 0 Å². The lowest BCUT2D eigenvalue weighted by Gasteiger charge is -2.02. The van der Waals surface area contributed by atoms with Crippen molar-refractivity contribution < 1.29 is 4.79 Å². The summed E-state index contributed by atoms with van der Waals surface area (Å²) >= 11 is 8.23. The van der Waals surface area contributed by atoms with Gasteiger partial charge in [-0.15, -0.1) is 11.3 Å². The lowest BCUT2D eigenvalue weighted by molar-refractivity contribution is 0.0992. The second kappa shape index (κ2) is 5.21. The van der Waals surface area contributed by atoms with Gasteiger partial charge in [-0.2, -0.15) is 0 Å². The van der Waals surface area contributed by atoms with Crippen LogP contribution >= 0.6 is 43.2 Å². The number of rotatable bonds is 3. The molecule has 0 aliphatic carbocycles. The zero-order valence-corrected chi connectivity index (χ0v) is 12.1. The number of carbonyl (C=O) groups is 1. The molecule has 0 amide bonds. The predicted octanol–water partition coefficient (Wildman–Crippen LogP) is 4.09. The molecule has 1 heterocycles. The number of carbonyl (C=O) groups excluding carboxylic acids is 1. The first kappa shape index (κ1) is 12.0. The van der Waals surface area contributed by atoms with Gasteiger partial charge in [-0.25, -0.2) is 4.98 Å². The van der Waals surface area contributed by atoms with Crippen LogP contribution in [0.5, 0.6) is 0 Å². The van der Waals surface area contributed by atoms with Crippen LogP contribution in [0.25, 0.3) is 0 Å². The fourth-order valence-corrected chi connectivity index (χ4v) is 2.73. The predicted molar refractivity (Wildman–Crippen MR) is 72.0 cm³/mol. The topological polar surface area (TPSA) is 30.0 Å². The van der Waals surface area contributed by atoms with Gasteiger partial charge >= 0.3 is 0 Å². The highest BCUT2D eigenvalue weighted by Gasteiger charge is 2.12. The molecule has 82 valence electrons. The van der Waals surface area contributed by atoms with Crippen LogP contribution in [0.15, 0.2) is 38.7 Å². The standard InChI is InChI=1S/C11H7Br2NOS/c12-7-1-2-9(13)8(5-7)10(15)6-11-14-3-4-16-11/h1-5H,6H2. The van der Waals surface area contributed by atoms with Crippen LogP contribution in [0.4, 0.5) is 0 Å². The van der Waals surface area contributed by atoms with Crippen molar-refractivity contribution in [3.8, 4) is 0 Å². The van der Waals surface area contributed by atoms with Crippen LogP contribution < -0.4 is 0 Å². The number of Topliss-reactive ketones (excluding diaryl/α,β-unsaturated/α-hetero) is 1. The van der Waals surface area contributed by atoms with Crippen LogP contribution in [0, 0.1) is 0 Å². The maximum absolute atomic E-state index is 12.0. The van der Waals surface area contributed by atoms with E-state index in [1.165, 1.54) is 11.3 Å². The molecule has 0 aliphatic heterocycles. The zero-order chi connectivity index (χ0) is 11.5. The van der Waals surface area contributed by atoms with Crippen molar-refractivity contribution in [2.75, 3.05) is 0 Å². The molecule has 1 aromatic heterocycles. The molecule has 0 atom stereocenters. The third kappa shape index (κ3) is 2.78. The molecule has 1 aromatic carbocycles. The Morgan fingerprint density at radius 3 is 2.88 bits per heavy atom. The van der Waals surface area contributed by atoms with Crippen LogP contribution in [0.3, 0.4) is 0 Å². The van der Waals surface area contributed by atoms with Crippen molar-refractivity contribution in [2.45, 2.75) is 6.42 Å².